The zero-order valence-corrected chi connectivity index (χ0v) is 9.83. The predicted octanol–water partition coefficient (Wildman–Crippen LogP) is 3.29. The van der Waals surface area contributed by atoms with E-state index in [9.17, 15) is 0 Å². The molecule has 78 valence electrons. The van der Waals surface area contributed by atoms with Crippen molar-refractivity contribution in [3.05, 3.63) is 23.3 Å². The van der Waals surface area contributed by atoms with E-state index in [-0.39, 0.29) is 0 Å². The average molecular weight is 192 g/mol. The van der Waals surface area contributed by atoms with Crippen molar-refractivity contribution in [2.75, 3.05) is 0 Å². The van der Waals surface area contributed by atoms with Gasteiger partial charge in [0.2, 0.25) is 0 Å². The second-order valence-corrected chi connectivity index (χ2v) is 4.29. The van der Waals surface area contributed by atoms with Crippen LogP contribution in [0.2, 0.25) is 0 Å². The van der Waals surface area contributed by atoms with Gasteiger partial charge in [-0.2, -0.15) is 0 Å². The highest BCUT2D eigenvalue weighted by Crippen LogP contribution is 2.18. The monoisotopic (exact) mass is 192 g/mol. The zero-order chi connectivity index (χ0) is 10.7. The predicted molar refractivity (Wildman–Crippen MR) is 59.6 cm³/mol. The van der Waals surface area contributed by atoms with Crippen LogP contribution in [0, 0.1) is 0 Å². The Balaban J connectivity index is 3.11. The maximum Gasteiger partial charge on any atom is 0.0644 e. The highest BCUT2D eigenvalue weighted by atomic mass is 14.8. The van der Waals surface area contributed by atoms with E-state index >= 15 is 0 Å². The van der Waals surface area contributed by atoms with Gasteiger partial charge in [-0.3, -0.25) is 9.97 Å². The van der Waals surface area contributed by atoms with E-state index in [2.05, 4.69) is 44.6 Å². The Labute approximate surface area is 86.8 Å². The Hall–Kier alpha value is -0.920. The molecule has 0 saturated carbocycles. The molecule has 0 aliphatic heterocycles. The minimum Gasteiger partial charge on any atom is -0.257 e. The molecule has 1 aromatic rings. The molecule has 1 rings (SSSR count). The molecule has 0 aromatic carbocycles. The highest BCUT2D eigenvalue weighted by molar-refractivity contribution is 5.18. The molecule has 0 amide bonds. The highest BCUT2D eigenvalue weighted by Gasteiger charge is 2.10. The number of rotatable bonds is 3. The van der Waals surface area contributed by atoms with E-state index in [1.807, 2.05) is 6.20 Å². The average Bonchev–Trinajstić information content (AvgIpc) is 2.16. The van der Waals surface area contributed by atoms with E-state index < -0.39 is 0 Å². The van der Waals surface area contributed by atoms with Crippen LogP contribution in [0.15, 0.2) is 6.20 Å². The lowest BCUT2D eigenvalue weighted by molar-refractivity contribution is 0.736. The van der Waals surface area contributed by atoms with Crippen LogP contribution in [-0.4, -0.2) is 9.97 Å². The number of hydrogen-bond donors (Lipinski definition) is 0. The van der Waals surface area contributed by atoms with Crippen LogP contribution in [0.4, 0.5) is 0 Å². The van der Waals surface area contributed by atoms with Crippen LogP contribution in [0.25, 0.3) is 0 Å². The molecule has 14 heavy (non-hydrogen) atoms. The molecule has 0 saturated heterocycles. The molecule has 0 aliphatic carbocycles. The molecule has 0 bridgehead atoms. The molecule has 1 aromatic heterocycles. The Bertz CT molecular complexity index is 303. The Kier molecular flexibility index (Phi) is 3.62. The van der Waals surface area contributed by atoms with Gasteiger partial charge < -0.3 is 0 Å². The van der Waals surface area contributed by atoms with Crippen LogP contribution < -0.4 is 0 Å². The summed E-state index contributed by atoms with van der Waals surface area (Å²) in [4.78, 5) is 9.16. The summed E-state index contributed by atoms with van der Waals surface area (Å²) >= 11 is 0. The molecule has 0 fully saturated rings. The summed E-state index contributed by atoms with van der Waals surface area (Å²) in [5.41, 5.74) is 3.41. The topological polar surface area (TPSA) is 25.8 Å². The van der Waals surface area contributed by atoms with Crippen LogP contribution in [-0.2, 0) is 6.42 Å². The molecule has 0 N–H and O–H groups in total. The van der Waals surface area contributed by atoms with Crippen molar-refractivity contribution in [1.82, 2.24) is 9.97 Å². The fraction of sp³-hybridized carbons (Fsp3) is 0.667. The lowest BCUT2D eigenvalue weighted by atomic mass is 10.0. The maximum absolute atomic E-state index is 4.65. The normalized spacial score (nSPS) is 11.4. The minimum absolute atomic E-state index is 0.467. The van der Waals surface area contributed by atoms with Gasteiger partial charge in [0.15, 0.2) is 0 Å². The summed E-state index contributed by atoms with van der Waals surface area (Å²) in [6, 6.07) is 0. The van der Waals surface area contributed by atoms with Gasteiger partial charge in [-0.05, 0) is 18.3 Å². The molecule has 2 nitrogen and oxygen atoms in total. The first-order valence-electron chi connectivity index (χ1n) is 5.42. The van der Waals surface area contributed by atoms with E-state index in [1.165, 1.54) is 0 Å². The molecule has 1 heterocycles. The Morgan fingerprint density at radius 3 is 2.21 bits per heavy atom. The summed E-state index contributed by atoms with van der Waals surface area (Å²) in [5, 5.41) is 0. The molecule has 0 unspecified atom stereocenters. The summed E-state index contributed by atoms with van der Waals surface area (Å²) in [6.07, 6.45) is 2.89. The van der Waals surface area contributed by atoms with Gasteiger partial charge in [-0.15, -0.1) is 0 Å². The van der Waals surface area contributed by atoms with Crippen molar-refractivity contribution in [3.63, 3.8) is 0 Å². The third-order valence-corrected chi connectivity index (χ3v) is 2.37. The summed E-state index contributed by atoms with van der Waals surface area (Å²) in [7, 11) is 0. The third-order valence-electron chi connectivity index (χ3n) is 2.37. The third kappa shape index (κ3) is 2.31. The van der Waals surface area contributed by atoms with E-state index in [4.69, 9.17) is 0 Å². The number of aryl methyl sites for hydroxylation is 1. The quantitative estimate of drug-likeness (QED) is 0.734. The Morgan fingerprint density at radius 2 is 1.79 bits per heavy atom. The smallest absolute Gasteiger partial charge is 0.0644 e. The number of aromatic nitrogens is 2. The van der Waals surface area contributed by atoms with Crippen molar-refractivity contribution >= 4 is 0 Å². The van der Waals surface area contributed by atoms with Crippen molar-refractivity contribution in [2.45, 2.75) is 52.9 Å². The van der Waals surface area contributed by atoms with Crippen LogP contribution >= 0.6 is 0 Å². The molecule has 0 spiro atoms. The van der Waals surface area contributed by atoms with Gasteiger partial charge in [-0.25, -0.2) is 0 Å². The summed E-state index contributed by atoms with van der Waals surface area (Å²) < 4.78 is 0. The maximum atomic E-state index is 4.65. The fourth-order valence-electron chi connectivity index (χ4n) is 1.47. The van der Waals surface area contributed by atoms with Crippen LogP contribution in [0.5, 0.6) is 0 Å². The van der Waals surface area contributed by atoms with E-state index in [1.54, 1.807) is 0 Å². The van der Waals surface area contributed by atoms with Crippen molar-refractivity contribution < 1.29 is 0 Å². The standard InChI is InChI=1S/C12H20N2/c1-6-10-12(9(4)5)13-7-11(14-10)8(2)3/h7-9H,6H2,1-5H3. The van der Waals surface area contributed by atoms with Crippen LogP contribution in [0.3, 0.4) is 0 Å². The second kappa shape index (κ2) is 4.54. The fourth-order valence-corrected chi connectivity index (χ4v) is 1.47. The van der Waals surface area contributed by atoms with E-state index in [0.717, 1.165) is 23.5 Å². The SMILES string of the molecule is CCc1nc(C(C)C)cnc1C(C)C. The van der Waals surface area contributed by atoms with Gasteiger partial charge >= 0.3 is 0 Å². The molecule has 0 aliphatic rings. The molecule has 0 atom stereocenters. The van der Waals surface area contributed by atoms with E-state index in [0.29, 0.717) is 11.8 Å². The molecular formula is C12H20N2. The van der Waals surface area contributed by atoms with Gasteiger partial charge in [-0.1, -0.05) is 34.6 Å². The second-order valence-electron chi connectivity index (χ2n) is 4.29. The first-order chi connectivity index (χ1) is 6.56. The number of hydrogen-bond acceptors (Lipinski definition) is 2. The lowest BCUT2D eigenvalue weighted by Gasteiger charge is -2.12. The van der Waals surface area contributed by atoms with Gasteiger partial charge in [0.25, 0.3) is 0 Å². The zero-order valence-electron chi connectivity index (χ0n) is 9.83. The summed E-state index contributed by atoms with van der Waals surface area (Å²) in [6.45, 7) is 10.8. The van der Waals surface area contributed by atoms with Crippen molar-refractivity contribution in [1.29, 1.82) is 0 Å². The lowest BCUT2D eigenvalue weighted by Crippen LogP contribution is -2.06. The van der Waals surface area contributed by atoms with Crippen molar-refractivity contribution in [2.24, 2.45) is 0 Å². The molecule has 0 radical (unpaired) electrons. The summed E-state index contributed by atoms with van der Waals surface area (Å²) in [5.74, 6) is 0.938. The molecular weight excluding hydrogens is 172 g/mol. The number of nitrogens with zero attached hydrogens (tertiary/aromatic N) is 2. The van der Waals surface area contributed by atoms with Crippen molar-refractivity contribution in [3.8, 4) is 0 Å². The first-order valence-corrected chi connectivity index (χ1v) is 5.42. The Morgan fingerprint density at radius 1 is 1.14 bits per heavy atom. The minimum atomic E-state index is 0.467. The first kappa shape index (κ1) is 11.2. The van der Waals surface area contributed by atoms with Crippen LogP contribution in [0.1, 0.15) is 63.5 Å². The van der Waals surface area contributed by atoms with Gasteiger partial charge in [0.1, 0.15) is 0 Å². The van der Waals surface area contributed by atoms with Gasteiger partial charge in [0.05, 0.1) is 17.1 Å². The largest absolute Gasteiger partial charge is 0.257 e. The molecule has 2 heteroatoms. The van der Waals surface area contributed by atoms with Gasteiger partial charge in [0, 0.05) is 6.20 Å².